The molecule has 0 saturated heterocycles. The molecule has 1 aliphatic heterocycles. The summed E-state index contributed by atoms with van der Waals surface area (Å²) in [4.78, 5) is 10.0. The minimum atomic E-state index is -2.02. The average Bonchev–Trinajstić information content (AvgIpc) is 3.11. The summed E-state index contributed by atoms with van der Waals surface area (Å²) in [7, 11) is 0. The Hall–Kier alpha value is -4.58. The number of aromatic hydroxyl groups is 1. The Morgan fingerprint density at radius 3 is 2.15 bits per heavy atom. The van der Waals surface area contributed by atoms with Gasteiger partial charge in [-0.15, -0.1) is 11.6 Å². The number of nitrogens with zero attached hydrogens (tertiary/aromatic N) is 2. The van der Waals surface area contributed by atoms with Gasteiger partial charge in [0.25, 0.3) is 0 Å². The molecule has 0 unspecified atom stereocenters. The van der Waals surface area contributed by atoms with Crippen LogP contribution in [0.1, 0.15) is 26.3 Å². The van der Waals surface area contributed by atoms with Crippen LogP contribution in [0.2, 0.25) is 17.3 Å². The van der Waals surface area contributed by atoms with Crippen molar-refractivity contribution in [3.8, 4) is 73.3 Å². The van der Waals surface area contributed by atoms with Crippen molar-refractivity contribution in [1.82, 2.24) is 9.97 Å². The van der Waals surface area contributed by atoms with E-state index in [0.717, 1.165) is 61.5 Å². The number of rotatable bonds is 5. The molecule has 2 aromatic heterocycles. The maximum atomic E-state index is 14.8. The van der Waals surface area contributed by atoms with Crippen molar-refractivity contribution >= 4 is 28.4 Å². The molecule has 0 amide bonds. The Labute approximate surface area is 321 Å². The van der Waals surface area contributed by atoms with Crippen molar-refractivity contribution < 1.29 is 35.3 Å². The zero-order valence-corrected chi connectivity index (χ0v) is 34.3. The first kappa shape index (κ1) is 35.8. The van der Waals surface area contributed by atoms with E-state index in [1.54, 1.807) is 0 Å². The van der Waals surface area contributed by atoms with E-state index in [2.05, 4.69) is 111 Å². The minimum Gasteiger partial charge on any atom is 0 e. The normalized spacial score (nSPS) is 12.2. The van der Waals surface area contributed by atoms with E-state index in [0.29, 0.717) is 22.7 Å². The van der Waals surface area contributed by atoms with Gasteiger partial charge in [-0.3, -0.25) is 4.98 Å². The topological polar surface area (TPSA) is 55.2 Å². The van der Waals surface area contributed by atoms with E-state index in [4.69, 9.17) is 14.7 Å². The molecular formula is C45H38FGeN2O2Pt-. The summed E-state index contributed by atoms with van der Waals surface area (Å²) in [5, 5.41) is 12.8. The Morgan fingerprint density at radius 2 is 1.46 bits per heavy atom. The summed E-state index contributed by atoms with van der Waals surface area (Å²) in [6, 6.07) is 39.7. The fourth-order valence-corrected chi connectivity index (χ4v) is 9.23. The molecule has 52 heavy (non-hydrogen) atoms. The quantitative estimate of drug-likeness (QED) is 0.138. The van der Waals surface area contributed by atoms with Gasteiger partial charge in [-0.25, -0.2) is 0 Å². The molecule has 0 atom stereocenters. The molecule has 0 saturated carbocycles. The van der Waals surface area contributed by atoms with Crippen molar-refractivity contribution in [3.63, 3.8) is 0 Å². The number of ether oxygens (including phenoxy) is 1. The van der Waals surface area contributed by atoms with Crippen LogP contribution in [0.4, 0.5) is 4.39 Å². The second kappa shape index (κ2) is 13.4. The van der Waals surface area contributed by atoms with Crippen LogP contribution in [0.3, 0.4) is 0 Å². The van der Waals surface area contributed by atoms with E-state index in [1.165, 1.54) is 10.5 Å². The molecule has 1 N–H and O–H groups in total. The van der Waals surface area contributed by atoms with Crippen LogP contribution >= 0.6 is 0 Å². The number of benzene rings is 5. The Balaban J connectivity index is 0.00000420. The number of phenols is 1. The summed E-state index contributed by atoms with van der Waals surface area (Å²) >= 11 is -2.02. The van der Waals surface area contributed by atoms with E-state index in [9.17, 15) is 9.50 Å². The summed E-state index contributed by atoms with van der Waals surface area (Å²) in [5.41, 5.74) is 9.07. The van der Waals surface area contributed by atoms with Gasteiger partial charge in [-0.1, -0.05) is 62.7 Å². The molecule has 7 heteroatoms. The first-order chi connectivity index (χ1) is 24.3. The van der Waals surface area contributed by atoms with Gasteiger partial charge in [0.05, 0.1) is 0 Å². The van der Waals surface area contributed by atoms with Crippen molar-refractivity contribution in [3.05, 3.63) is 133 Å². The van der Waals surface area contributed by atoms with Crippen LogP contribution in [0.15, 0.2) is 115 Å². The van der Waals surface area contributed by atoms with E-state index in [-0.39, 0.29) is 38.0 Å². The molecule has 7 aromatic rings. The third-order valence-corrected chi connectivity index (χ3v) is 14.0. The van der Waals surface area contributed by atoms with Crippen LogP contribution in [0.25, 0.3) is 66.8 Å². The predicted molar refractivity (Wildman–Crippen MR) is 209 cm³/mol. The smallest absolute Gasteiger partial charge is 0 e. The van der Waals surface area contributed by atoms with Gasteiger partial charge in [-0.05, 0) is 22.6 Å². The molecule has 5 aromatic carbocycles. The molecule has 8 rings (SSSR count). The van der Waals surface area contributed by atoms with Crippen molar-refractivity contribution in [2.24, 2.45) is 0 Å². The van der Waals surface area contributed by atoms with Gasteiger partial charge in [0.2, 0.25) is 0 Å². The van der Waals surface area contributed by atoms with E-state index in [1.807, 2.05) is 36.5 Å². The van der Waals surface area contributed by atoms with Crippen LogP contribution in [0.5, 0.6) is 17.2 Å². The molecule has 0 fully saturated rings. The van der Waals surface area contributed by atoms with Crippen molar-refractivity contribution in [2.45, 2.75) is 43.5 Å². The van der Waals surface area contributed by atoms with Gasteiger partial charge < -0.3 is 0 Å². The number of fused-ring (bicyclic) bond motifs is 2. The zero-order chi connectivity index (χ0) is 35.7. The second-order valence-corrected chi connectivity index (χ2v) is 26.0. The zero-order valence-electron chi connectivity index (χ0n) is 29.9. The van der Waals surface area contributed by atoms with Gasteiger partial charge in [-0.2, -0.15) is 0 Å². The van der Waals surface area contributed by atoms with Gasteiger partial charge in [0, 0.05) is 33.0 Å². The summed E-state index contributed by atoms with van der Waals surface area (Å²) in [6.45, 7) is 6.56. The monoisotopic (exact) mass is 926 g/mol. The first-order valence-electron chi connectivity index (χ1n) is 17.2. The van der Waals surface area contributed by atoms with E-state index < -0.39 is 19.1 Å². The average molecular weight is 925 g/mol. The SMILES string of the molecule is CC(C)(C)c1cc(-c2cc(-c3ccccc3)ccn2)[c-]c(-c2cc3ccc(-c4cc[c]([Ge]([CH3])([CH3])[CH3])cc4)c4c3c(n2)-c2c(O)cc(F)cc2O4)c1.[Pt]. The molecular weight excluding hydrogens is 887 g/mol. The molecule has 262 valence electrons. The standard InChI is InChI=1S/C45H38FGeN2O2.Pt/c1-45(2,3)33-21-31(37-23-29(18-19-48-37)27-10-8-7-9-11-27)20-32(22-33)38-24-30-14-17-36(28-12-15-35(16-13-28)47(4,5)6)44-41(30)43(49-38)42-39(50)25-34(46)26-40(42)51-44;/h7-19,21-26,50H,1-6H3;/q-1;. The maximum absolute atomic E-state index is 14.8. The Kier molecular flexibility index (Phi) is 9.25. The number of phenolic OH excluding ortho intramolecular Hbond substituents is 1. The third kappa shape index (κ3) is 6.61. The number of pyridine rings is 2. The predicted octanol–water partition coefficient (Wildman–Crippen LogP) is 11.6. The number of hydrogen-bond donors (Lipinski definition) is 1. The van der Waals surface area contributed by atoms with Crippen molar-refractivity contribution in [1.29, 1.82) is 0 Å². The number of aromatic nitrogens is 2. The Bertz CT molecular complexity index is 2490. The van der Waals surface area contributed by atoms with Gasteiger partial charge in [0.1, 0.15) is 0 Å². The molecule has 4 nitrogen and oxygen atoms in total. The number of halogens is 1. The van der Waals surface area contributed by atoms with Crippen LogP contribution in [0, 0.1) is 11.9 Å². The second-order valence-electron chi connectivity index (χ2n) is 15.4. The molecule has 0 radical (unpaired) electrons. The van der Waals surface area contributed by atoms with Crippen LogP contribution in [-0.4, -0.2) is 28.3 Å². The molecule has 0 spiro atoms. The molecule has 1 aliphatic rings. The van der Waals surface area contributed by atoms with Crippen LogP contribution < -0.4 is 9.13 Å². The van der Waals surface area contributed by atoms with Gasteiger partial charge >= 0.3 is 188 Å². The number of hydrogen-bond acceptors (Lipinski definition) is 4. The molecule has 3 heterocycles. The van der Waals surface area contributed by atoms with Gasteiger partial charge in [0.15, 0.2) is 0 Å². The summed E-state index contributed by atoms with van der Waals surface area (Å²) in [6.07, 6.45) is 1.84. The van der Waals surface area contributed by atoms with Crippen LogP contribution in [-0.2, 0) is 26.5 Å². The Morgan fingerprint density at radius 1 is 0.750 bits per heavy atom. The fraction of sp³-hybridized carbons (Fsp3) is 0.156. The first-order valence-corrected chi connectivity index (χ1v) is 24.6. The third-order valence-electron chi connectivity index (χ3n) is 9.66. The van der Waals surface area contributed by atoms with Crippen molar-refractivity contribution in [2.75, 3.05) is 0 Å². The summed E-state index contributed by atoms with van der Waals surface area (Å²) < 4.78 is 22.7. The molecule has 0 aliphatic carbocycles. The molecule has 0 bridgehead atoms. The van der Waals surface area contributed by atoms with E-state index >= 15 is 0 Å². The summed E-state index contributed by atoms with van der Waals surface area (Å²) in [5.74, 6) is 7.16. The fourth-order valence-electron chi connectivity index (χ4n) is 6.78. The minimum absolute atomic E-state index is 0.